The molecule has 0 unspecified atom stereocenters. The molecule has 1 nitrogen and oxygen atoms in total. The highest BCUT2D eigenvalue weighted by Gasteiger charge is 2.22. The molecule has 2 aromatic heterocycles. The summed E-state index contributed by atoms with van der Waals surface area (Å²) in [6, 6.07) is 52.7. The van der Waals surface area contributed by atoms with E-state index in [1.54, 1.807) is 11.3 Å². The van der Waals surface area contributed by atoms with Crippen molar-refractivity contribution in [2.24, 2.45) is 0 Å². The Bertz CT molecular complexity index is 3010. The van der Waals surface area contributed by atoms with Crippen LogP contribution in [0.3, 0.4) is 0 Å². The lowest BCUT2D eigenvalue weighted by molar-refractivity contribution is 0.670. The first-order chi connectivity index (χ1) is 26.2. The van der Waals surface area contributed by atoms with Crippen LogP contribution in [0.15, 0.2) is 180 Å². The Kier molecular flexibility index (Phi) is 7.45. The van der Waals surface area contributed by atoms with E-state index in [2.05, 4.69) is 176 Å². The summed E-state index contributed by atoms with van der Waals surface area (Å²) in [6.45, 7) is 6.23. The monoisotopic (exact) mass is 694 g/mol. The van der Waals surface area contributed by atoms with E-state index in [1.807, 2.05) is 12.2 Å². The van der Waals surface area contributed by atoms with Gasteiger partial charge in [0.2, 0.25) is 0 Å². The molecule has 0 bridgehead atoms. The third-order valence-electron chi connectivity index (χ3n) is 10.8. The van der Waals surface area contributed by atoms with Crippen LogP contribution in [-0.2, 0) is 0 Å². The van der Waals surface area contributed by atoms with Crippen LogP contribution < -0.4 is 0 Å². The van der Waals surface area contributed by atoms with Crippen LogP contribution in [0.5, 0.6) is 0 Å². The molecule has 0 saturated heterocycles. The van der Waals surface area contributed by atoms with Crippen LogP contribution in [-0.4, -0.2) is 0 Å². The molecule has 0 aliphatic heterocycles. The van der Waals surface area contributed by atoms with Gasteiger partial charge in [0.25, 0.3) is 0 Å². The van der Waals surface area contributed by atoms with Crippen molar-refractivity contribution in [2.45, 2.75) is 6.92 Å². The summed E-state index contributed by atoms with van der Waals surface area (Å²) < 4.78 is 7.01. The second-order valence-electron chi connectivity index (χ2n) is 13.6. The summed E-state index contributed by atoms with van der Waals surface area (Å²) in [5.41, 5.74) is 13.8. The van der Waals surface area contributed by atoms with E-state index < -0.39 is 0 Å². The highest BCUT2D eigenvalue weighted by Crippen LogP contribution is 2.48. The molecule has 10 rings (SSSR count). The SMILES string of the molecule is C=C/C=C\c1c(C)c(-c2cccc3c2oc2cc(-c4c5ccccc5c(-c5ccccc5)c5ccccc45)ccc23)c2ccccc2c1-c1ccsc1. The average molecular weight is 695 g/mol. The zero-order chi connectivity index (χ0) is 35.5. The summed E-state index contributed by atoms with van der Waals surface area (Å²) in [5.74, 6) is 0. The number of allylic oxidation sites excluding steroid dienone is 2. The molecule has 0 fully saturated rings. The summed E-state index contributed by atoms with van der Waals surface area (Å²) in [6.07, 6.45) is 6.10. The lowest BCUT2D eigenvalue weighted by Gasteiger charge is -2.19. The van der Waals surface area contributed by atoms with E-state index in [4.69, 9.17) is 4.42 Å². The Balaban J connectivity index is 1.23. The van der Waals surface area contributed by atoms with Crippen molar-refractivity contribution < 1.29 is 4.42 Å². The minimum Gasteiger partial charge on any atom is -0.455 e. The molecule has 0 aliphatic rings. The minimum absolute atomic E-state index is 0.883. The van der Waals surface area contributed by atoms with Gasteiger partial charge in [-0.05, 0) is 118 Å². The Morgan fingerprint density at radius 2 is 1.09 bits per heavy atom. The maximum absolute atomic E-state index is 7.01. The van der Waals surface area contributed by atoms with Gasteiger partial charge in [0.15, 0.2) is 0 Å². The Hall–Kier alpha value is -6.48. The Morgan fingerprint density at radius 1 is 0.509 bits per heavy atom. The predicted octanol–water partition coefficient (Wildman–Crippen LogP) is 15.3. The van der Waals surface area contributed by atoms with E-state index in [9.17, 15) is 0 Å². The molecule has 2 heterocycles. The van der Waals surface area contributed by atoms with Gasteiger partial charge < -0.3 is 4.42 Å². The number of para-hydroxylation sites is 1. The summed E-state index contributed by atoms with van der Waals surface area (Å²) >= 11 is 1.73. The number of fused-ring (bicyclic) bond motifs is 6. The molecule has 0 saturated carbocycles. The van der Waals surface area contributed by atoms with Crippen molar-refractivity contribution in [3.63, 3.8) is 0 Å². The first-order valence-electron chi connectivity index (χ1n) is 18.0. The molecule has 0 radical (unpaired) electrons. The number of hydrogen-bond acceptors (Lipinski definition) is 2. The fourth-order valence-electron chi connectivity index (χ4n) is 8.53. The maximum atomic E-state index is 7.01. The molecule has 2 heteroatoms. The van der Waals surface area contributed by atoms with Gasteiger partial charge >= 0.3 is 0 Å². The van der Waals surface area contributed by atoms with Gasteiger partial charge in [-0.15, -0.1) is 0 Å². The molecule has 10 aromatic rings. The van der Waals surface area contributed by atoms with E-state index in [0.29, 0.717) is 0 Å². The number of hydrogen-bond donors (Lipinski definition) is 0. The highest BCUT2D eigenvalue weighted by atomic mass is 32.1. The fraction of sp³-hybridized carbons (Fsp3) is 0.0196. The standard InChI is InChI=1S/C51H34OS/c1-3-4-17-36-32(2)47(38-18-8-9-19-39(38)50(36)35-28-29-53-31-35)45-25-14-24-44-37-27-26-34(30-46(37)52-51(44)45)49-42-22-12-10-20-40(42)48(33-15-6-5-7-16-33)41-21-11-13-23-43(41)49/h3-31H,1H2,2H3/b17-4-. The van der Waals surface area contributed by atoms with Crippen molar-refractivity contribution in [3.8, 4) is 44.5 Å². The predicted molar refractivity (Wildman–Crippen MR) is 230 cm³/mol. The lowest BCUT2D eigenvalue weighted by atomic mass is 9.84. The van der Waals surface area contributed by atoms with Crippen molar-refractivity contribution >= 4 is 71.7 Å². The quantitative estimate of drug-likeness (QED) is 0.125. The molecule has 0 spiro atoms. The van der Waals surface area contributed by atoms with Crippen LogP contribution in [0.1, 0.15) is 11.1 Å². The molecule has 8 aromatic carbocycles. The zero-order valence-electron chi connectivity index (χ0n) is 29.3. The maximum Gasteiger partial charge on any atom is 0.143 e. The van der Waals surface area contributed by atoms with E-state index in [1.165, 1.54) is 76.8 Å². The van der Waals surface area contributed by atoms with Crippen molar-refractivity contribution in [3.05, 3.63) is 186 Å². The second-order valence-corrected chi connectivity index (χ2v) is 14.4. The fourth-order valence-corrected chi connectivity index (χ4v) is 9.18. The van der Waals surface area contributed by atoms with Gasteiger partial charge in [-0.25, -0.2) is 0 Å². The van der Waals surface area contributed by atoms with E-state index in [-0.39, 0.29) is 0 Å². The molecule has 250 valence electrons. The summed E-state index contributed by atoms with van der Waals surface area (Å²) in [5, 5.41) is 14.0. The normalized spacial score (nSPS) is 11.9. The molecule has 0 N–H and O–H groups in total. The van der Waals surface area contributed by atoms with Gasteiger partial charge in [-0.3, -0.25) is 0 Å². The topological polar surface area (TPSA) is 13.1 Å². The van der Waals surface area contributed by atoms with E-state index in [0.717, 1.165) is 33.1 Å². The molecular formula is C51H34OS. The third-order valence-corrected chi connectivity index (χ3v) is 11.5. The minimum atomic E-state index is 0.883. The number of benzene rings is 8. The molecule has 0 atom stereocenters. The first-order valence-corrected chi connectivity index (χ1v) is 19.0. The van der Waals surface area contributed by atoms with Gasteiger partial charge in [-0.2, -0.15) is 11.3 Å². The molecule has 0 aliphatic carbocycles. The third kappa shape index (κ3) is 4.91. The van der Waals surface area contributed by atoms with Gasteiger partial charge in [0.1, 0.15) is 11.2 Å². The van der Waals surface area contributed by atoms with Crippen molar-refractivity contribution in [1.82, 2.24) is 0 Å². The van der Waals surface area contributed by atoms with Gasteiger partial charge in [0.05, 0.1) is 0 Å². The smallest absolute Gasteiger partial charge is 0.143 e. The number of furan rings is 1. The molecular weight excluding hydrogens is 661 g/mol. The lowest BCUT2D eigenvalue weighted by Crippen LogP contribution is -1.95. The van der Waals surface area contributed by atoms with Gasteiger partial charge in [0, 0.05) is 16.3 Å². The summed E-state index contributed by atoms with van der Waals surface area (Å²) in [4.78, 5) is 0. The number of thiophene rings is 1. The molecule has 0 amide bonds. The van der Waals surface area contributed by atoms with Gasteiger partial charge in [-0.1, -0.05) is 152 Å². The number of rotatable bonds is 6. The Morgan fingerprint density at radius 3 is 1.72 bits per heavy atom. The largest absolute Gasteiger partial charge is 0.455 e. The molecule has 53 heavy (non-hydrogen) atoms. The van der Waals surface area contributed by atoms with Crippen molar-refractivity contribution in [2.75, 3.05) is 0 Å². The van der Waals surface area contributed by atoms with Crippen LogP contribution in [0, 0.1) is 6.92 Å². The zero-order valence-corrected chi connectivity index (χ0v) is 30.1. The second kappa shape index (κ2) is 12.6. The van der Waals surface area contributed by atoms with E-state index >= 15 is 0 Å². The highest BCUT2D eigenvalue weighted by molar-refractivity contribution is 7.08. The van der Waals surface area contributed by atoms with Crippen molar-refractivity contribution in [1.29, 1.82) is 0 Å². The average Bonchev–Trinajstić information content (AvgIpc) is 3.88. The van der Waals surface area contributed by atoms with Crippen LogP contribution in [0.2, 0.25) is 0 Å². The summed E-state index contributed by atoms with van der Waals surface area (Å²) in [7, 11) is 0. The van der Waals surface area contributed by atoms with Crippen LogP contribution in [0.4, 0.5) is 0 Å². The van der Waals surface area contributed by atoms with Crippen LogP contribution >= 0.6 is 11.3 Å². The Labute approximate surface area is 312 Å². The van der Waals surface area contributed by atoms with Crippen LogP contribution in [0.25, 0.3) is 105 Å². The first kappa shape index (κ1) is 31.3.